The molecule has 4 unspecified atom stereocenters. The summed E-state index contributed by atoms with van der Waals surface area (Å²) in [5, 5.41) is 0. The number of hydrogen-bond donors (Lipinski definition) is 0. The van der Waals surface area contributed by atoms with Gasteiger partial charge in [0, 0.05) is 0 Å². The molecule has 4 heteroatoms. The maximum Gasteiger partial charge on any atom is 0.311 e. The molecule has 1 saturated carbocycles. The van der Waals surface area contributed by atoms with Gasteiger partial charge in [-0.15, -0.1) is 0 Å². The highest BCUT2D eigenvalue weighted by Gasteiger charge is 2.42. The summed E-state index contributed by atoms with van der Waals surface area (Å²) in [4.78, 5) is 11.0. The molecule has 0 N–H and O–H groups in total. The Morgan fingerprint density at radius 1 is 1.31 bits per heavy atom. The molecule has 0 saturated heterocycles. The Balaban J connectivity index is 2.63. The van der Waals surface area contributed by atoms with Crippen molar-refractivity contribution in [2.45, 2.75) is 32.1 Å². The summed E-state index contributed by atoms with van der Waals surface area (Å²) in [6.45, 7) is 1.66. The fourth-order valence-electron chi connectivity index (χ4n) is 1.70. The maximum atomic E-state index is 13.3. The average molecular weight is 192 g/mol. The summed E-state index contributed by atoms with van der Waals surface area (Å²) in [6, 6.07) is 0. The molecular weight excluding hydrogens is 178 g/mol. The minimum atomic E-state index is -1.70. The first kappa shape index (κ1) is 10.4. The lowest BCUT2D eigenvalue weighted by Crippen LogP contribution is -2.41. The third-order valence-corrected chi connectivity index (χ3v) is 2.67. The van der Waals surface area contributed by atoms with Gasteiger partial charge >= 0.3 is 5.97 Å². The number of halogens is 2. The van der Waals surface area contributed by atoms with Gasteiger partial charge in [-0.1, -0.05) is 6.92 Å². The van der Waals surface area contributed by atoms with Crippen LogP contribution in [0.5, 0.6) is 0 Å². The summed E-state index contributed by atoms with van der Waals surface area (Å²) in [7, 11) is 1.19. The van der Waals surface area contributed by atoms with Crippen LogP contribution in [0, 0.1) is 11.8 Å². The molecule has 2 nitrogen and oxygen atoms in total. The van der Waals surface area contributed by atoms with Crippen LogP contribution in [0.1, 0.15) is 19.8 Å². The van der Waals surface area contributed by atoms with Crippen LogP contribution in [0.3, 0.4) is 0 Å². The smallest absolute Gasteiger partial charge is 0.311 e. The van der Waals surface area contributed by atoms with E-state index in [-0.39, 0.29) is 5.92 Å². The molecule has 0 aromatic heterocycles. The Morgan fingerprint density at radius 3 is 2.46 bits per heavy atom. The molecule has 0 aliphatic heterocycles. The summed E-state index contributed by atoms with van der Waals surface area (Å²) >= 11 is 0. The van der Waals surface area contributed by atoms with Gasteiger partial charge in [0.05, 0.1) is 13.0 Å². The van der Waals surface area contributed by atoms with Crippen molar-refractivity contribution in [3.8, 4) is 0 Å². The van der Waals surface area contributed by atoms with Gasteiger partial charge in [0.25, 0.3) is 0 Å². The molecule has 0 bridgehead atoms. The molecule has 0 aromatic rings. The highest BCUT2D eigenvalue weighted by molar-refractivity contribution is 5.73. The predicted octanol–water partition coefficient (Wildman–Crippen LogP) is 1.88. The lowest BCUT2D eigenvalue weighted by molar-refractivity contribution is -0.151. The average Bonchev–Trinajstić information content (AvgIpc) is 2.13. The van der Waals surface area contributed by atoms with Crippen LogP contribution in [0.2, 0.25) is 0 Å². The number of hydrogen-bond acceptors (Lipinski definition) is 2. The van der Waals surface area contributed by atoms with Crippen molar-refractivity contribution in [1.29, 1.82) is 0 Å². The number of carbonyl (C=O) groups excluding carboxylic acids is 1. The lowest BCUT2D eigenvalue weighted by Gasteiger charge is -2.31. The number of rotatable bonds is 1. The van der Waals surface area contributed by atoms with Crippen LogP contribution in [0.25, 0.3) is 0 Å². The first-order valence-corrected chi connectivity index (χ1v) is 4.44. The van der Waals surface area contributed by atoms with Crippen LogP contribution in [-0.2, 0) is 9.53 Å². The highest BCUT2D eigenvalue weighted by atomic mass is 19.2. The van der Waals surface area contributed by atoms with E-state index in [1.165, 1.54) is 7.11 Å². The summed E-state index contributed by atoms with van der Waals surface area (Å²) in [6.07, 6.45) is -2.30. The second kappa shape index (κ2) is 4.03. The van der Waals surface area contributed by atoms with Gasteiger partial charge in [0.15, 0.2) is 0 Å². The SMILES string of the molecule is COC(=O)C1CCC(C)C(F)C1F. The Bertz CT molecular complexity index is 196. The van der Waals surface area contributed by atoms with Crippen LogP contribution in [0.4, 0.5) is 8.78 Å². The third-order valence-electron chi connectivity index (χ3n) is 2.67. The Kier molecular flexibility index (Phi) is 3.22. The van der Waals surface area contributed by atoms with Gasteiger partial charge in [-0.2, -0.15) is 0 Å². The standard InChI is InChI=1S/C9H14F2O2/c1-5-3-4-6(9(12)13-2)8(11)7(5)10/h5-8H,3-4H2,1-2H3. The maximum absolute atomic E-state index is 13.3. The van der Waals surface area contributed by atoms with Crippen LogP contribution in [-0.4, -0.2) is 25.4 Å². The summed E-state index contributed by atoms with van der Waals surface area (Å²) in [5.41, 5.74) is 0. The fraction of sp³-hybridized carbons (Fsp3) is 0.889. The summed E-state index contributed by atoms with van der Waals surface area (Å²) < 4.78 is 30.8. The number of ether oxygens (including phenoxy) is 1. The molecule has 76 valence electrons. The quantitative estimate of drug-likeness (QED) is 0.593. The van der Waals surface area contributed by atoms with Crippen molar-refractivity contribution in [1.82, 2.24) is 0 Å². The molecule has 4 atom stereocenters. The van der Waals surface area contributed by atoms with Gasteiger partial charge in [0.2, 0.25) is 0 Å². The van der Waals surface area contributed by atoms with Crippen molar-refractivity contribution in [2.24, 2.45) is 11.8 Å². The van der Waals surface area contributed by atoms with E-state index in [2.05, 4.69) is 4.74 Å². The Hall–Kier alpha value is -0.670. The molecule has 0 heterocycles. The Morgan fingerprint density at radius 2 is 1.92 bits per heavy atom. The van der Waals surface area contributed by atoms with Gasteiger partial charge in [0.1, 0.15) is 12.3 Å². The minimum absolute atomic E-state index is 0.295. The summed E-state index contributed by atoms with van der Waals surface area (Å²) in [5.74, 6) is -1.84. The van der Waals surface area contributed by atoms with E-state index in [0.717, 1.165) is 0 Å². The zero-order valence-corrected chi connectivity index (χ0v) is 7.80. The van der Waals surface area contributed by atoms with Crippen molar-refractivity contribution < 1.29 is 18.3 Å². The minimum Gasteiger partial charge on any atom is -0.469 e. The number of methoxy groups -OCH3 is 1. The van der Waals surface area contributed by atoms with E-state index < -0.39 is 24.2 Å². The second-order valence-corrected chi connectivity index (χ2v) is 3.57. The van der Waals surface area contributed by atoms with E-state index in [4.69, 9.17) is 0 Å². The predicted molar refractivity (Wildman–Crippen MR) is 43.7 cm³/mol. The van der Waals surface area contributed by atoms with E-state index in [0.29, 0.717) is 12.8 Å². The number of alkyl halides is 2. The zero-order chi connectivity index (χ0) is 10.0. The van der Waals surface area contributed by atoms with E-state index >= 15 is 0 Å². The van der Waals surface area contributed by atoms with Gasteiger partial charge in [-0.3, -0.25) is 4.79 Å². The van der Waals surface area contributed by atoms with Crippen LogP contribution >= 0.6 is 0 Å². The van der Waals surface area contributed by atoms with Gasteiger partial charge in [-0.05, 0) is 18.8 Å². The molecule has 0 amide bonds. The van der Waals surface area contributed by atoms with Gasteiger partial charge < -0.3 is 4.74 Å². The van der Waals surface area contributed by atoms with Crippen molar-refractivity contribution in [3.63, 3.8) is 0 Å². The van der Waals surface area contributed by atoms with Crippen molar-refractivity contribution >= 4 is 5.97 Å². The molecule has 0 spiro atoms. The number of esters is 1. The second-order valence-electron chi connectivity index (χ2n) is 3.57. The van der Waals surface area contributed by atoms with Crippen LogP contribution < -0.4 is 0 Å². The largest absolute Gasteiger partial charge is 0.469 e. The molecule has 1 aliphatic rings. The van der Waals surface area contributed by atoms with E-state index in [1.807, 2.05) is 0 Å². The molecule has 0 aromatic carbocycles. The van der Waals surface area contributed by atoms with Crippen molar-refractivity contribution in [2.75, 3.05) is 7.11 Å². The van der Waals surface area contributed by atoms with E-state index in [9.17, 15) is 13.6 Å². The molecule has 13 heavy (non-hydrogen) atoms. The normalized spacial score (nSPS) is 40.0. The molecule has 1 rings (SSSR count). The topological polar surface area (TPSA) is 26.3 Å². The first-order valence-electron chi connectivity index (χ1n) is 4.44. The lowest BCUT2D eigenvalue weighted by atomic mass is 9.80. The highest BCUT2D eigenvalue weighted by Crippen LogP contribution is 2.34. The molecule has 0 radical (unpaired) electrons. The molecular formula is C9H14F2O2. The van der Waals surface area contributed by atoms with Crippen molar-refractivity contribution in [3.05, 3.63) is 0 Å². The fourth-order valence-corrected chi connectivity index (χ4v) is 1.70. The molecule has 1 fully saturated rings. The number of carbonyl (C=O) groups is 1. The van der Waals surface area contributed by atoms with E-state index in [1.54, 1.807) is 6.92 Å². The molecule has 1 aliphatic carbocycles. The zero-order valence-electron chi connectivity index (χ0n) is 7.80. The first-order chi connectivity index (χ1) is 6.07. The third kappa shape index (κ3) is 1.98. The Labute approximate surface area is 76.3 Å². The van der Waals surface area contributed by atoms with Gasteiger partial charge in [-0.25, -0.2) is 8.78 Å². The monoisotopic (exact) mass is 192 g/mol. The van der Waals surface area contributed by atoms with Crippen LogP contribution in [0.15, 0.2) is 0 Å².